The minimum absolute atomic E-state index is 0.0441. The fourth-order valence-corrected chi connectivity index (χ4v) is 4.88. The van der Waals surface area contributed by atoms with Gasteiger partial charge >= 0.3 is 0 Å². The third-order valence-corrected chi connectivity index (χ3v) is 6.56. The SMILES string of the molecule is N#Cc1c(N2CCN(c3ccccc3)CC2)nc(C(=O)c2ccccc2)c2c1CCCC2. The summed E-state index contributed by atoms with van der Waals surface area (Å²) < 4.78 is 0. The number of benzene rings is 2. The van der Waals surface area contributed by atoms with Crippen molar-refractivity contribution in [1.82, 2.24) is 4.98 Å². The summed E-state index contributed by atoms with van der Waals surface area (Å²) in [6.45, 7) is 3.26. The molecule has 2 aliphatic rings. The van der Waals surface area contributed by atoms with Crippen molar-refractivity contribution in [3.05, 3.63) is 88.6 Å². The lowest BCUT2D eigenvalue weighted by atomic mass is 9.86. The fraction of sp³-hybridized carbons (Fsp3) is 0.296. The van der Waals surface area contributed by atoms with Crippen molar-refractivity contribution in [3.8, 4) is 6.07 Å². The second-order valence-corrected chi connectivity index (χ2v) is 8.44. The number of hydrogen-bond donors (Lipinski definition) is 0. The maximum atomic E-state index is 13.4. The van der Waals surface area contributed by atoms with Crippen LogP contribution in [0.3, 0.4) is 0 Å². The van der Waals surface area contributed by atoms with Gasteiger partial charge in [-0.05, 0) is 48.9 Å². The maximum absolute atomic E-state index is 13.4. The van der Waals surface area contributed by atoms with Crippen LogP contribution in [0.5, 0.6) is 0 Å². The van der Waals surface area contributed by atoms with E-state index in [1.165, 1.54) is 5.69 Å². The van der Waals surface area contributed by atoms with Gasteiger partial charge in [-0.2, -0.15) is 5.26 Å². The highest BCUT2D eigenvalue weighted by Gasteiger charge is 2.29. The molecule has 0 N–H and O–H groups in total. The first-order chi connectivity index (χ1) is 15.8. The Morgan fingerprint density at radius 2 is 1.41 bits per heavy atom. The lowest BCUT2D eigenvalue weighted by Gasteiger charge is -2.37. The van der Waals surface area contributed by atoms with E-state index >= 15 is 0 Å². The minimum Gasteiger partial charge on any atom is -0.368 e. The van der Waals surface area contributed by atoms with Gasteiger partial charge in [0.15, 0.2) is 0 Å². The molecule has 1 aliphatic heterocycles. The number of para-hydroxylation sites is 1. The van der Waals surface area contributed by atoms with Crippen molar-refractivity contribution in [1.29, 1.82) is 5.26 Å². The fourth-order valence-electron chi connectivity index (χ4n) is 4.88. The molecule has 1 aliphatic carbocycles. The Labute approximate surface area is 188 Å². The smallest absolute Gasteiger partial charge is 0.211 e. The van der Waals surface area contributed by atoms with E-state index in [1.807, 2.05) is 36.4 Å². The zero-order valence-corrected chi connectivity index (χ0v) is 18.1. The quantitative estimate of drug-likeness (QED) is 0.584. The first-order valence-corrected chi connectivity index (χ1v) is 11.4. The number of fused-ring (bicyclic) bond motifs is 1. The molecule has 5 nitrogen and oxygen atoms in total. The van der Waals surface area contributed by atoms with Crippen LogP contribution in [0.15, 0.2) is 60.7 Å². The first kappa shape index (κ1) is 20.3. The highest BCUT2D eigenvalue weighted by Crippen LogP contribution is 2.33. The number of piperazine rings is 1. The molecule has 0 radical (unpaired) electrons. The lowest BCUT2D eigenvalue weighted by molar-refractivity contribution is 0.103. The van der Waals surface area contributed by atoms with Crippen molar-refractivity contribution in [2.24, 2.45) is 0 Å². The number of hydrogen-bond acceptors (Lipinski definition) is 5. The predicted octanol–water partition coefficient (Wildman–Crippen LogP) is 4.39. The number of rotatable bonds is 4. The Bertz CT molecular complexity index is 1160. The molecule has 2 heterocycles. The van der Waals surface area contributed by atoms with Crippen LogP contribution >= 0.6 is 0 Å². The summed E-state index contributed by atoms with van der Waals surface area (Å²) in [6, 6.07) is 22.2. The first-order valence-electron chi connectivity index (χ1n) is 11.4. The molecule has 3 aromatic rings. The molecule has 1 aromatic heterocycles. The average molecular weight is 423 g/mol. The van der Waals surface area contributed by atoms with Gasteiger partial charge in [-0.3, -0.25) is 4.79 Å². The summed E-state index contributed by atoms with van der Waals surface area (Å²) in [5.74, 6) is 0.637. The van der Waals surface area contributed by atoms with Gasteiger partial charge in [0.05, 0.1) is 5.56 Å². The van der Waals surface area contributed by atoms with Crippen LogP contribution < -0.4 is 9.80 Å². The molecular formula is C27H26N4O. The molecule has 0 unspecified atom stereocenters. The van der Waals surface area contributed by atoms with Gasteiger partial charge in [0.1, 0.15) is 17.6 Å². The predicted molar refractivity (Wildman–Crippen MR) is 126 cm³/mol. The van der Waals surface area contributed by atoms with Gasteiger partial charge in [-0.25, -0.2) is 4.98 Å². The van der Waals surface area contributed by atoms with Crippen LogP contribution in [0, 0.1) is 11.3 Å². The summed E-state index contributed by atoms with van der Waals surface area (Å²) in [5.41, 5.74) is 5.08. The Kier molecular flexibility index (Phi) is 5.60. The molecule has 1 saturated heterocycles. The third kappa shape index (κ3) is 3.73. The van der Waals surface area contributed by atoms with Gasteiger partial charge < -0.3 is 9.80 Å². The Morgan fingerprint density at radius 1 is 0.812 bits per heavy atom. The Balaban J connectivity index is 1.51. The second kappa shape index (κ2) is 8.84. The Hall–Kier alpha value is -3.65. The van der Waals surface area contributed by atoms with E-state index in [1.54, 1.807) is 0 Å². The highest BCUT2D eigenvalue weighted by atomic mass is 16.1. The molecular weight excluding hydrogens is 396 g/mol. The number of nitrogens with zero attached hydrogens (tertiary/aromatic N) is 4. The van der Waals surface area contributed by atoms with E-state index in [9.17, 15) is 10.1 Å². The van der Waals surface area contributed by atoms with Crippen LogP contribution in [0.1, 0.15) is 45.6 Å². The van der Waals surface area contributed by atoms with Crippen LogP contribution in [-0.4, -0.2) is 36.9 Å². The van der Waals surface area contributed by atoms with Gasteiger partial charge in [0.25, 0.3) is 0 Å². The minimum atomic E-state index is -0.0441. The number of ketones is 1. The summed E-state index contributed by atoms with van der Waals surface area (Å²) in [5, 5.41) is 10.1. The molecule has 160 valence electrons. The van der Waals surface area contributed by atoms with E-state index in [-0.39, 0.29) is 5.78 Å². The van der Waals surface area contributed by atoms with E-state index in [2.05, 4.69) is 40.1 Å². The van der Waals surface area contributed by atoms with Gasteiger partial charge in [-0.15, -0.1) is 0 Å². The van der Waals surface area contributed by atoms with E-state index in [0.29, 0.717) is 22.6 Å². The van der Waals surface area contributed by atoms with Crippen molar-refractivity contribution in [2.75, 3.05) is 36.0 Å². The summed E-state index contributed by atoms with van der Waals surface area (Å²) in [4.78, 5) is 22.9. The highest BCUT2D eigenvalue weighted by molar-refractivity contribution is 6.09. The van der Waals surface area contributed by atoms with Crippen molar-refractivity contribution in [2.45, 2.75) is 25.7 Å². The molecule has 0 spiro atoms. The van der Waals surface area contributed by atoms with E-state index in [0.717, 1.165) is 63.0 Å². The Morgan fingerprint density at radius 3 is 2.06 bits per heavy atom. The van der Waals surface area contributed by atoms with Crippen LogP contribution in [0.2, 0.25) is 0 Å². The van der Waals surface area contributed by atoms with Crippen molar-refractivity contribution >= 4 is 17.3 Å². The molecule has 32 heavy (non-hydrogen) atoms. The molecule has 5 rings (SSSR count). The van der Waals surface area contributed by atoms with Crippen LogP contribution in [0.4, 0.5) is 11.5 Å². The zero-order chi connectivity index (χ0) is 21.9. The molecule has 0 amide bonds. The van der Waals surface area contributed by atoms with Gasteiger partial charge in [0.2, 0.25) is 5.78 Å². The van der Waals surface area contributed by atoms with E-state index in [4.69, 9.17) is 4.98 Å². The number of nitriles is 1. The van der Waals surface area contributed by atoms with Crippen LogP contribution in [-0.2, 0) is 12.8 Å². The molecule has 1 fully saturated rings. The monoisotopic (exact) mass is 422 g/mol. The van der Waals surface area contributed by atoms with Gasteiger partial charge in [0, 0.05) is 37.4 Å². The standard InChI is InChI=1S/C27H26N4O/c28-19-24-22-13-7-8-14-23(22)25(26(32)20-9-3-1-4-10-20)29-27(24)31-17-15-30(16-18-31)21-11-5-2-6-12-21/h1-6,9-12H,7-8,13-18H2. The maximum Gasteiger partial charge on any atom is 0.211 e. The van der Waals surface area contributed by atoms with Crippen molar-refractivity contribution in [3.63, 3.8) is 0 Å². The van der Waals surface area contributed by atoms with Crippen LogP contribution in [0.25, 0.3) is 0 Å². The number of carbonyl (C=O) groups is 1. The summed E-state index contributed by atoms with van der Waals surface area (Å²) in [6.07, 6.45) is 3.73. The third-order valence-electron chi connectivity index (χ3n) is 6.56. The molecule has 5 heteroatoms. The molecule has 0 saturated carbocycles. The summed E-state index contributed by atoms with van der Waals surface area (Å²) in [7, 11) is 0. The lowest BCUT2D eigenvalue weighted by Crippen LogP contribution is -2.47. The summed E-state index contributed by atoms with van der Waals surface area (Å²) >= 11 is 0. The second-order valence-electron chi connectivity index (χ2n) is 8.44. The molecule has 2 aromatic carbocycles. The zero-order valence-electron chi connectivity index (χ0n) is 18.1. The van der Waals surface area contributed by atoms with Gasteiger partial charge in [-0.1, -0.05) is 48.5 Å². The topological polar surface area (TPSA) is 60.2 Å². The number of aromatic nitrogens is 1. The number of carbonyl (C=O) groups excluding carboxylic acids is 1. The number of anilines is 2. The average Bonchev–Trinajstić information content (AvgIpc) is 2.88. The normalized spacial score (nSPS) is 15.7. The number of pyridine rings is 1. The molecule has 0 bridgehead atoms. The molecule has 0 atom stereocenters. The van der Waals surface area contributed by atoms with Crippen molar-refractivity contribution < 1.29 is 4.79 Å². The van der Waals surface area contributed by atoms with E-state index < -0.39 is 0 Å². The largest absolute Gasteiger partial charge is 0.368 e.